The summed E-state index contributed by atoms with van der Waals surface area (Å²) in [5.41, 5.74) is 4.48. The van der Waals surface area contributed by atoms with Gasteiger partial charge in [-0.25, -0.2) is 0 Å². The minimum Gasteiger partial charge on any atom is -0.504 e. The number of phenolic OH excluding ortho intramolecular Hbond substituents is 1. The monoisotopic (exact) mass is 285 g/mol. The highest BCUT2D eigenvalue weighted by Crippen LogP contribution is 2.44. The minimum absolute atomic E-state index is 0.113. The molecule has 0 spiro atoms. The van der Waals surface area contributed by atoms with Gasteiger partial charge in [-0.2, -0.15) is 22.0 Å². The molecule has 0 unspecified atom stereocenters. The van der Waals surface area contributed by atoms with Crippen LogP contribution >= 0.6 is 0 Å². The second-order valence-electron chi connectivity index (χ2n) is 3.76. The standard InChI is InChI=1S/C11H12F5NO2/c1-2-19-8-5-6(3-4-7(8)18)9(17)10(12,13)11(14,15)16/h3-5,9,18H,2,17H2,1H3/t9-/m0/s1. The Morgan fingerprint density at radius 2 is 1.84 bits per heavy atom. The second kappa shape index (κ2) is 5.20. The summed E-state index contributed by atoms with van der Waals surface area (Å²) in [6, 6.07) is 0.130. The van der Waals surface area contributed by atoms with Crippen molar-refractivity contribution in [1.29, 1.82) is 0 Å². The fourth-order valence-electron chi connectivity index (χ4n) is 1.38. The summed E-state index contributed by atoms with van der Waals surface area (Å²) in [6.45, 7) is 1.68. The Balaban J connectivity index is 3.13. The SMILES string of the molecule is CCOc1cc([C@H](N)C(F)(F)C(F)(F)F)ccc1O. The van der Waals surface area contributed by atoms with Gasteiger partial charge >= 0.3 is 12.1 Å². The summed E-state index contributed by atoms with van der Waals surface area (Å²) in [6.07, 6.45) is -5.75. The van der Waals surface area contributed by atoms with E-state index in [9.17, 15) is 27.1 Å². The van der Waals surface area contributed by atoms with Crippen molar-refractivity contribution in [3.63, 3.8) is 0 Å². The van der Waals surface area contributed by atoms with E-state index in [2.05, 4.69) is 0 Å². The number of rotatable bonds is 4. The van der Waals surface area contributed by atoms with E-state index in [1.165, 1.54) is 0 Å². The highest BCUT2D eigenvalue weighted by Gasteiger charge is 2.61. The number of ether oxygens (including phenoxy) is 1. The zero-order valence-electron chi connectivity index (χ0n) is 9.84. The van der Waals surface area contributed by atoms with Crippen LogP contribution in [0.15, 0.2) is 18.2 Å². The Morgan fingerprint density at radius 3 is 2.32 bits per heavy atom. The number of nitrogens with two attached hydrogens (primary N) is 1. The summed E-state index contributed by atoms with van der Waals surface area (Å²) in [4.78, 5) is 0. The van der Waals surface area contributed by atoms with Crippen LogP contribution in [0.3, 0.4) is 0 Å². The normalized spacial score (nSPS) is 14.3. The average Bonchev–Trinajstić information content (AvgIpc) is 2.30. The van der Waals surface area contributed by atoms with Crippen molar-refractivity contribution in [2.45, 2.75) is 25.1 Å². The van der Waals surface area contributed by atoms with Gasteiger partial charge in [0.05, 0.1) is 6.61 Å². The maximum absolute atomic E-state index is 13.1. The fraction of sp³-hybridized carbons (Fsp3) is 0.455. The molecule has 19 heavy (non-hydrogen) atoms. The fourth-order valence-corrected chi connectivity index (χ4v) is 1.38. The number of alkyl halides is 5. The predicted molar refractivity (Wildman–Crippen MR) is 57.2 cm³/mol. The van der Waals surface area contributed by atoms with Gasteiger partial charge in [0, 0.05) is 0 Å². The highest BCUT2D eigenvalue weighted by atomic mass is 19.4. The van der Waals surface area contributed by atoms with Gasteiger partial charge in [0.1, 0.15) is 6.04 Å². The molecule has 0 saturated carbocycles. The first-order chi connectivity index (χ1) is 8.61. The lowest BCUT2D eigenvalue weighted by molar-refractivity contribution is -0.291. The Bertz CT molecular complexity index is 447. The van der Waals surface area contributed by atoms with Gasteiger partial charge in [-0.05, 0) is 24.6 Å². The summed E-state index contributed by atoms with van der Waals surface area (Å²) in [5, 5.41) is 9.33. The molecule has 3 nitrogen and oxygen atoms in total. The van der Waals surface area contributed by atoms with Crippen molar-refractivity contribution in [2.75, 3.05) is 6.61 Å². The third-order valence-electron chi connectivity index (χ3n) is 2.41. The third-order valence-corrected chi connectivity index (χ3v) is 2.41. The van der Waals surface area contributed by atoms with Crippen molar-refractivity contribution in [1.82, 2.24) is 0 Å². The highest BCUT2D eigenvalue weighted by molar-refractivity contribution is 5.43. The number of phenols is 1. The maximum Gasteiger partial charge on any atom is 0.455 e. The number of aromatic hydroxyl groups is 1. The largest absolute Gasteiger partial charge is 0.504 e. The third kappa shape index (κ3) is 3.06. The van der Waals surface area contributed by atoms with Gasteiger partial charge in [-0.3, -0.25) is 0 Å². The molecule has 0 radical (unpaired) electrons. The molecule has 0 saturated heterocycles. The van der Waals surface area contributed by atoms with Crippen molar-refractivity contribution >= 4 is 0 Å². The molecular formula is C11H12F5NO2. The van der Waals surface area contributed by atoms with Gasteiger partial charge in [-0.1, -0.05) is 6.07 Å². The average molecular weight is 285 g/mol. The molecule has 1 aromatic rings. The lowest BCUT2D eigenvalue weighted by atomic mass is 10.0. The molecule has 8 heteroatoms. The van der Waals surface area contributed by atoms with Crippen LogP contribution in [-0.2, 0) is 0 Å². The van der Waals surface area contributed by atoms with E-state index in [0.717, 1.165) is 18.2 Å². The lowest BCUT2D eigenvalue weighted by Gasteiger charge is -2.26. The summed E-state index contributed by atoms with van der Waals surface area (Å²) in [5.74, 6) is -5.64. The van der Waals surface area contributed by atoms with Crippen LogP contribution in [0.5, 0.6) is 11.5 Å². The summed E-state index contributed by atoms with van der Waals surface area (Å²) in [7, 11) is 0. The van der Waals surface area contributed by atoms with E-state index in [-0.39, 0.29) is 18.1 Å². The topological polar surface area (TPSA) is 55.5 Å². The lowest BCUT2D eigenvalue weighted by Crippen LogP contribution is -2.45. The molecule has 1 rings (SSSR count). The van der Waals surface area contributed by atoms with Crippen LogP contribution in [0.25, 0.3) is 0 Å². The number of hydrogen-bond donors (Lipinski definition) is 2. The molecule has 1 atom stereocenters. The maximum atomic E-state index is 13.1. The van der Waals surface area contributed by atoms with Crippen molar-refractivity contribution < 1.29 is 31.8 Å². The van der Waals surface area contributed by atoms with Gasteiger partial charge in [-0.15, -0.1) is 0 Å². The first-order valence-corrected chi connectivity index (χ1v) is 5.27. The van der Waals surface area contributed by atoms with E-state index >= 15 is 0 Å². The van der Waals surface area contributed by atoms with Crippen LogP contribution in [0.4, 0.5) is 22.0 Å². The zero-order chi connectivity index (χ0) is 14.8. The van der Waals surface area contributed by atoms with Crippen LogP contribution in [-0.4, -0.2) is 23.8 Å². The van der Waals surface area contributed by atoms with Gasteiger partial charge in [0.15, 0.2) is 11.5 Å². The second-order valence-corrected chi connectivity index (χ2v) is 3.76. The molecule has 1 aromatic carbocycles. The van der Waals surface area contributed by atoms with Crippen molar-refractivity contribution in [3.8, 4) is 11.5 Å². The van der Waals surface area contributed by atoms with Crippen LogP contribution < -0.4 is 10.5 Å². The zero-order valence-corrected chi connectivity index (χ0v) is 9.84. The molecular weight excluding hydrogens is 273 g/mol. The van der Waals surface area contributed by atoms with Crippen LogP contribution in [0.1, 0.15) is 18.5 Å². The molecule has 0 heterocycles. The molecule has 108 valence electrons. The molecule has 0 aliphatic rings. The Kier molecular flexibility index (Phi) is 4.24. The van der Waals surface area contributed by atoms with Gasteiger partial charge in [0.2, 0.25) is 0 Å². The molecule has 0 amide bonds. The first-order valence-electron chi connectivity index (χ1n) is 5.27. The quantitative estimate of drug-likeness (QED) is 0.836. The molecule has 0 aliphatic heterocycles. The van der Waals surface area contributed by atoms with Crippen LogP contribution in [0, 0.1) is 0 Å². The Labute approximate surface area is 105 Å². The first kappa shape index (κ1) is 15.5. The van der Waals surface area contributed by atoms with E-state index in [4.69, 9.17) is 10.5 Å². The number of benzene rings is 1. The van der Waals surface area contributed by atoms with Crippen molar-refractivity contribution in [3.05, 3.63) is 23.8 Å². The number of hydrogen-bond acceptors (Lipinski definition) is 3. The van der Waals surface area contributed by atoms with Gasteiger partial charge < -0.3 is 15.6 Å². The minimum atomic E-state index is -5.75. The molecule has 0 aliphatic carbocycles. The van der Waals surface area contributed by atoms with Crippen LogP contribution in [0.2, 0.25) is 0 Å². The van der Waals surface area contributed by atoms with E-state index in [1.54, 1.807) is 6.92 Å². The molecule has 0 fully saturated rings. The van der Waals surface area contributed by atoms with E-state index in [1.807, 2.05) is 0 Å². The van der Waals surface area contributed by atoms with Crippen molar-refractivity contribution in [2.24, 2.45) is 5.73 Å². The summed E-state index contributed by atoms with van der Waals surface area (Å²) >= 11 is 0. The Hall–Kier alpha value is -1.57. The predicted octanol–water partition coefficient (Wildman–Crippen LogP) is 2.99. The molecule has 0 aromatic heterocycles. The molecule has 3 N–H and O–H groups in total. The van der Waals surface area contributed by atoms with Gasteiger partial charge in [0.25, 0.3) is 0 Å². The smallest absolute Gasteiger partial charge is 0.455 e. The molecule has 0 bridgehead atoms. The van der Waals surface area contributed by atoms with E-state index in [0.29, 0.717) is 0 Å². The Morgan fingerprint density at radius 1 is 1.26 bits per heavy atom. The van der Waals surface area contributed by atoms with E-state index < -0.39 is 23.7 Å². The number of halogens is 5. The summed E-state index contributed by atoms with van der Waals surface area (Å²) < 4.78 is 67.6.